The van der Waals surface area contributed by atoms with Crippen molar-refractivity contribution in [1.82, 2.24) is 29.7 Å². The standard InChI is InChI=1S/C30H35ClN6O2/c1-20-16-36(17-21(2)34-20)13-14-38-23-9-10-24(25(31)15-23)27-35-26-28(37(27)18-22-7-5-4-6-8-22)32-19-33-29(26)39-30(3)11-12-30/h4-10,15,19-21,34H,11-14,16-18H2,1-3H3/t20-,21+. The molecule has 2 aromatic carbocycles. The van der Waals surface area contributed by atoms with Gasteiger partial charge in [-0.1, -0.05) is 41.9 Å². The number of ether oxygens (including phenoxy) is 2. The third-order valence-electron chi connectivity index (χ3n) is 7.47. The van der Waals surface area contributed by atoms with Crippen LogP contribution < -0.4 is 14.8 Å². The lowest BCUT2D eigenvalue weighted by molar-refractivity contribution is 0.146. The van der Waals surface area contributed by atoms with E-state index >= 15 is 0 Å². The van der Waals surface area contributed by atoms with Gasteiger partial charge in [0.05, 0.1) is 11.6 Å². The average molecular weight is 547 g/mol. The minimum absolute atomic E-state index is 0.178. The van der Waals surface area contributed by atoms with Crippen LogP contribution in [-0.4, -0.2) is 68.3 Å². The van der Waals surface area contributed by atoms with Crippen LogP contribution in [0.1, 0.15) is 39.2 Å². The summed E-state index contributed by atoms with van der Waals surface area (Å²) in [6.45, 7) is 10.7. The number of hydrogen-bond acceptors (Lipinski definition) is 7. The molecule has 204 valence electrons. The van der Waals surface area contributed by atoms with Gasteiger partial charge >= 0.3 is 0 Å². The van der Waals surface area contributed by atoms with Crippen LogP contribution >= 0.6 is 11.6 Å². The Morgan fingerprint density at radius 1 is 1.05 bits per heavy atom. The largest absolute Gasteiger partial charge is 0.492 e. The molecular formula is C30H35ClN6O2. The minimum Gasteiger partial charge on any atom is -0.492 e. The molecule has 2 aromatic heterocycles. The second-order valence-electron chi connectivity index (χ2n) is 11.1. The Kier molecular flexibility index (Phi) is 7.18. The molecule has 0 unspecified atom stereocenters. The fourth-order valence-electron chi connectivity index (χ4n) is 5.31. The first-order valence-electron chi connectivity index (χ1n) is 13.7. The number of halogens is 1. The predicted octanol–water partition coefficient (Wildman–Crippen LogP) is 5.19. The lowest BCUT2D eigenvalue weighted by Gasteiger charge is -2.35. The summed E-state index contributed by atoms with van der Waals surface area (Å²) in [7, 11) is 0. The van der Waals surface area contributed by atoms with Gasteiger partial charge in [0.1, 0.15) is 30.1 Å². The first-order chi connectivity index (χ1) is 18.9. The van der Waals surface area contributed by atoms with E-state index in [9.17, 15) is 0 Å². The van der Waals surface area contributed by atoms with E-state index in [2.05, 4.69) is 57.7 Å². The number of piperazine rings is 1. The summed E-state index contributed by atoms with van der Waals surface area (Å²) in [6, 6.07) is 17.1. The van der Waals surface area contributed by atoms with E-state index in [0.717, 1.165) is 60.8 Å². The number of rotatable bonds is 9. The van der Waals surface area contributed by atoms with E-state index in [1.807, 2.05) is 36.4 Å². The van der Waals surface area contributed by atoms with E-state index in [-0.39, 0.29) is 5.60 Å². The third-order valence-corrected chi connectivity index (χ3v) is 7.78. The monoisotopic (exact) mass is 546 g/mol. The number of imidazole rings is 1. The Balaban J connectivity index is 1.28. The van der Waals surface area contributed by atoms with Crippen LogP contribution in [0.4, 0.5) is 0 Å². The zero-order chi connectivity index (χ0) is 27.0. The van der Waals surface area contributed by atoms with Crippen LogP contribution in [0.15, 0.2) is 54.9 Å². The second kappa shape index (κ2) is 10.8. The number of nitrogens with one attached hydrogen (secondary N) is 1. The Hall–Kier alpha value is -3.20. The molecule has 1 N–H and O–H groups in total. The summed E-state index contributed by atoms with van der Waals surface area (Å²) in [5.74, 6) is 1.98. The van der Waals surface area contributed by atoms with Gasteiger partial charge in [-0.25, -0.2) is 9.97 Å². The van der Waals surface area contributed by atoms with Gasteiger partial charge in [-0.15, -0.1) is 0 Å². The Morgan fingerprint density at radius 2 is 1.82 bits per heavy atom. The van der Waals surface area contributed by atoms with E-state index in [4.69, 9.17) is 26.1 Å². The lowest BCUT2D eigenvalue weighted by Crippen LogP contribution is -2.54. The van der Waals surface area contributed by atoms with Gasteiger partial charge in [0, 0.05) is 37.3 Å². The van der Waals surface area contributed by atoms with Crippen molar-refractivity contribution in [3.63, 3.8) is 0 Å². The van der Waals surface area contributed by atoms with Crippen molar-refractivity contribution < 1.29 is 9.47 Å². The van der Waals surface area contributed by atoms with E-state index < -0.39 is 0 Å². The fourth-order valence-corrected chi connectivity index (χ4v) is 5.56. The first kappa shape index (κ1) is 26.0. The van der Waals surface area contributed by atoms with Crippen LogP contribution in [0, 0.1) is 0 Å². The molecule has 9 heteroatoms. The van der Waals surface area contributed by atoms with Crippen molar-refractivity contribution in [2.75, 3.05) is 26.2 Å². The Labute approximate surface area is 234 Å². The number of hydrogen-bond donors (Lipinski definition) is 1. The minimum atomic E-state index is -0.178. The molecule has 0 radical (unpaired) electrons. The smallest absolute Gasteiger partial charge is 0.245 e. The molecule has 3 heterocycles. The molecule has 2 aliphatic rings. The number of nitrogens with zero attached hydrogens (tertiary/aromatic N) is 5. The topological polar surface area (TPSA) is 77.3 Å². The lowest BCUT2D eigenvalue weighted by atomic mass is 10.1. The van der Waals surface area contributed by atoms with E-state index in [1.54, 1.807) is 6.33 Å². The number of fused-ring (bicyclic) bond motifs is 1. The molecule has 0 bridgehead atoms. The van der Waals surface area contributed by atoms with Crippen LogP contribution in [0.3, 0.4) is 0 Å². The SMILES string of the molecule is C[C@@H]1CN(CCOc2ccc(-c3nc4c(OC5(C)CC5)ncnc4n3Cc3ccccc3)c(Cl)c2)C[C@H](C)N1. The Bertz CT molecular complexity index is 1440. The molecule has 1 aliphatic carbocycles. The van der Waals surface area contributed by atoms with Crippen LogP contribution in [-0.2, 0) is 6.54 Å². The van der Waals surface area contributed by atoms with Gasteiger partial charge in [0.2, 0.25) is 5.88 Å². The van der Waals surface area contributed by atoms with Crippen LogP contribution in [0.2, 0.25) is 5.02 Å². The molecule has 1 aliphatic heterocycles. The van der Waals surface area contributed by atoms with Crippen molar-refractivity contribution in [3.05, 3.63) is 65.4 Å². The maximum atomic E-state index is 6.87. The highest BCUT2D eigenvalue weighted by atomic mass is 35.5. The summed E-state index contributed by atoms with van der Waals surface area (Å²) in [4.78, 5) is 16.5. The van der Waals surface area contributed by atoms with Gasteiger partial charge in [-0.2, -0.15) is 4.98 Å². The molecule has 2 fully saturated rings. The molecule has 8 nitrogen and oxygen atoms in total. The molecule has 6 rings (SSSR count). The van der Waals surface area contributed by atoms with Crippen molar-refractivity contribution >= 4 is 22.8 Å². The number of benzene rings is 2. The molecule has 0 spiro atoms. The first-order valence-corrected chi connectivity index (χ1v) is 14.1. The van der Waals surface area contributed by atoms with Gasteiger partial charge in [-0.3, -0.25) is 4.90 Å². The molecule has 39 heavy (non-hydrogen) atoms. The highest BCUT2D eigenvalue weighted by Crippen LogP contribution is 2.41. The van der Waals surface area contributed by atoms with Gasteiger partial charge in [0.15, 0.2) is 11.2 Å². The molecule has 4 aromatic rings. The van der Waals surface area contributed by atoms with Crippen LogP contribution in [0.5, 0.6) is 11.6 Å². The summed E-state index contributed by atoms with van der Waals surface area (Å²) in [5.41, 5.74) is 3.14. The molecule has 2 atom stereocenters. The van der Waals surface area contributed by atoms with Crippen molar-refractivity contribution in [2.24, 2.45) is 0 Å². The highest BCUT2D eigenvalue weighted by molar-refractivity contribution is 6.33. The maximum absolute atomic E-state index is 6.87. The second-order valence-corrected chi connectivity index (χ2v) is 11.5. The fraction of sp³-hybridized carbons (Fsp3) is 0.433. The normalized spacial score (nSPS) is 20.7. The summed E-state index contributed by atoms with van der Waals surface area (Å²) in [6.07, 6.45) is 3.57. The van der Waals surface area contributed by atoms with E-state index in [0.29, 0.717) is 41.7 Å². The van der Waals surface area contributed by atoms with Crippen molar-refractivity contribution in [3.8, 4) is 23.0 Å². The molecule has 1 saturated heterocycles. The summed E-state index contributed by atoms with van der Waals surface area (Å²) in [5, 5.41) is 4.14. The Morgan fingerprint density at radius 3 is 2.54 bits per heavy atom. The molecule has 0 amide bonds. The average Bonchev–Trinajstić information content (AvgIpc) is 3.52. The highest BCUT2D eigenvalue weighted by Gasteiger charge is 2.41. The van der Waals surface area contributed by atoms with Gasteiger partial charge in [0.25, 0.3) is 0 Å². The van der Waals surface area contributed by atoms with Crippen LogP contribution in [0.25, 0.3) is 22.6 Å². The number of aromatic nitrogens is 4. The zero-order valence-electron chi connectivity index (χ0n) is 22.7. The summed E-state index contributed by atoms with van der Waals surface area (Å²) >= 11 is 6.87. The predicted molar refractivity (Wildman–Crippen MR) is 154 cm³/mol. The summed E-state index contributed by atoms with van der Waals surface area (Å²) < 4.78 is 14.4. The molecular weight excluding hydrogens is 512 g/mol. The third kappa shape index (κ3) is 5.88. The molecule has 1 saturated carbocycles. The van der Waals surface area contributed by atoms with Crippen molar-refractivity contribution in [1.29, 1.82) is 0 Å². The quantitative estimate of drug-likeness (QED) is 0.309. The van der Waals surface area contributed by atoms with Gasteiger partial charge < -0.3 is 19.4 Å². The zero-order valence-corrected chi connectivity index (χ0v) is 23.5. The maximum Gasteiger partial charge on any atom is 0.245 e. The van der Waals surface area contributed by atoms with E-state index in [1.165, 1.54) is 0 Å². The van der Waals surface area contributed by atoms with Gasteiger partial charge in [-0.05, 0) is 57.4 Å². The van der Waals surface area contributed by atoms with Crippen molar-refractivity contribution in [2.45, 2.75) is 57.8 Å².